The van der Waals surface area contributed by atoms with E-state index in [4.69, 9.17) is 23.2 Å². The molecule has 28 heavy (non-hydrogen) atoms. The largest absolute Gasteiger partial charge is 0.323 e. The molecule has 0 bridgehead atoms. The van der Waals surface area contributed by atoms with E-state index in [1.54, 1.807) is 18.2 Å². The highest BCUT2D eigenvalue weighted by Gasteiger charge is 2.15. The molecule has 0 aliphatic carbocycles. The SMILES string of the molecule is C=CCn1c(SCC(=O)Nc2cc(Cl)ccc2F)nnc1-c1ccc(Cl)cc1. The number of hydrogen-bond acceptors (Lipinski definition) is 4. The number of hydrogen-bond donors (Lipinski definition) is 1. The molecule has 0 aliphatic heterocycles. The summed E-state index contributed by atoms with van der Waals surface area (Å²) in [5.41, 5.74) is 0.878. The molecule has 0 spiro atoms. The predicted molar refractivity (Wildman–Crippen MR) is 111 cm³/mol. The fraction of sp³-hybridized carbons (Fsp3) is 0.105. The van der Waals surface area contributed by atoms with E-state index < -0.39 is 5.82 Å². The van der Waals surface area contributed by atoms with Crippen LogP contribution in [-0.2, 0) is 11.3 Å². The van der Waals surface area contributed by atoms with E-state index in [1.165, 1.54) is 30.0 Å². The molecule has 0 fully saturated rings. The van der Waals surface area contributed by atoms with Crippen molar-refractivity contribution in [2.75, 3.05) is 11.1 Å². The molecule has 0 unspecified atom stereocenters. The minimum Gasteiger partial charge on any atom is -0.323 e. The standard InChI is InChI=1S/C19H15Cl2FN4OS/c1-2-9-26-18(12-3-5-13(20)6-4-12)24-25-19(26)28-11-17(27)23-16-10-14(21)7-8-15(16)22/h2-8,10H,1,9,11H2,(H,23,27). The number of rotatable bonds is 7. The van der Waals surface area contributed by atoms with E-state index >= 15 is 0 Å². The lowest BCUT2D eigenvalue weighted by Crippen LogP contribution is -2.15. The van der Waals surface area contributed by atoms with Gasteiger partial charge in [-0.2, -0.15) is 0 Å². The van der Waals surface area contributed by atoms with Gasteiger partial charge in [0.15, 0.2) is 11.0 Å². The Hall–Kier alpha value is -2.35. The Morgan fingerprint density at radius 3 is 2.61 bits per heavy atom. The molecule has 0 radical (unpaired) electrons. The van der Waals surface area contributed by atoms with Crippen molar-refractivity contribution in [2.45, 2.75) is 11.7 Å². The van der Waals surface area contributed by atoms with Gasteiger partial charge in [-0.05, 0) is 42.5 Å². The molecule has 3 rings (SSSR count). The van der Waals surface area contributed by atoms with Gasteiger partial charge >= 0.3 is 0 Å². The third kappa shape index (κ3) is 4.92. The van der Waals surface area contributed by atoms with E-state index in [9.17, 15) is 9.18 Å². The average molecular weight is 437 g/mol. The highest BCUT2D eigenvalue weighted by molar-refractivity contribution is 7.99. The Bertz CT molecular complexity index is 1010. The van der Waals surface area contributed by atoms with Crippen molar-refractivity contribution in [1.82, 2.24) is 14.8 Å². The normalized spacial score (nSPS) is 10.7. The Kier molecular flexibility index (Phi) is 6.72. The number of aromatic nitrogens is 3. The monoisotopic (exact) mass is 436 g/mol. The van der Waals surface area contributed by atoms with E-state index in [2.05, 4.69) is 22.1 Å². The number of thioether (sulfide) groups is 1. The molecule has 3 aromatic rings. The Morgan fingerprint density at radius 2 is 1.89 bits per heavy atom. The molecular formula is C19H15Cl2FN4OS. The zero-order chi connectivity index (χ0) is 20.1. The van der Waals surface area contributed by atoms with E-state index in [0.29, 0.717) is 27.6 Å². The summed E-state index contributed by atoms with van der Waals surface area (Å²) < 4.78 is 15.6. The fourth-order valence-corrected chi connectivity index (χ4v) is 3.46. The number of halogens is 3. The molecule has 5 nitrogen and oxygen atoms in total. The van der Waals surface area contributed by atoms with Gasteiger partial charge in [-0.25, -0.2) is 4.39 Å². The minimum absolute atomic E-state index is 0.0296. The Labute approximate surface area is 175 Å². The van der Waals surface area contributed by atoms with Gasteiger partial charge in [0.2, 0.25) is 5.91 Å². The molecule has 0 saturated carbocycles. The van der Waals surface area contributed by atoms with Crippen LogP contribution < -0.4 is 5.32 Å². The van der Waals surface area contributed by atoms with E-state index in [1.807, 2.05) is 16.7 Å². The van der Waals surface area contributed by atoms with Crippen LogP contribution in [-0.4, -0.2) is 26.4 Å². The van der Waals surface area contributed by atoms with Crippen molar-refractivity contribution in [2.24, 2.45) is 0 Å². The second-order valence-electron chi connectivity index (χ2n) is 5.67. The Balaban J connectivity index is 1.73. The Morgan fingerprint density at radius 1 is 1.18 bits per heavy atom. The summed E-state index contributed by atoms with van der Waals surface area (Å²) in [6.07, 6.45) is 1.72. The number of carbonyl (C=O) groups is 1. The van der Waals surface area contributed by atoms with Crippen LogP contribution in [0.25, 0.3) is 11.4 Å². The summed E-state index contributed by atoms with van der Waals surface area (Å²) in [4.78, 5) is 12.2. The smallest absolute Gasteiger partial charge is 0.234 e. The molecule has 1 amide bonds. The first kappa shape index (κ1) is 20.4. The van der Waals surface area contributed by atoms with Gasteiger partial charge in [-0.3, -0.25) is 9.36 Å². The van der Waals surface area contributed by atoms with Gasteiger partial charge in [0.1, 0.15) is 5.82 Å². The van der Waals surface area contributed by atoms with E-state index in [0.717, 1.165) is 5.56 Å². The summed E-state index contributed by atoms with van der Waals surface area (Å²) in [5.74, 6) is -0.266. The maximum absolute atomic E-state index is 13.8. The van der Waals surface area contributed by atoms with Gasteiger partial charge < -0.3 is 5.32 Å². The lowest BCUT2D eigenvalue weighted by molar-refractivity contribution is -0.113. The first-order valence-corrected chi connectivity index (χ1v) is 9.90. The quantitative estimate of drug-likeness (QED) is 0.402. The molecule has 0 atom stereocenters. The van der Waals surface area contributed by atoms with Crippen LogP contribution in [0.4, 0.5) is 10.1 Å². The van der Waals surface area contributed by atoms with Gasteiger partial charge in [-0.15, -0.1) is 16.8 Å². The second-order valence-corrected chi connectivity index (χ2v) is 7.49. The molecular weight excluding hydrogens is 422 g/mol. The summed E-state index contributed by atoms with van der Waals surface area (Å²) in [7, 11) is 0. The number of nitrogens with one attached hydrogen (secondary N) is 1. The average Bonchev–Trinajstić information content (AvgIpc) is 3.07. The van der Waals surface area contributed by atoms with Crippen LogP contribution in [0.3, 0.4) is 0 Å². The molecule has 144 valence electrons. The highest BCUT2D eigenvalue weighted by Crippen LogP contribution is 2.26. The van der Waals surface area contributed by atoms with Crippen molar-refractivity contribution in [1.29, 1.82) is 0 Å². The van der Waals surface area contributed by atoms with Gasteiger partial charge in [0, 0.05) is 22.2 Å². The summed E-state index contributed by atoms with van der Waals surface area (Å²) in [6, 6.07) is 11.2. The van der Waals surface area contributed by atoms with Gasteiger partial charge in [0.25, 0.3) is 0 Å². The first-order valence-electron chi connectivity index (χ1n) is 8.15. The topological polar surface area (TPSA) is 59.8 Å². The number of carbonyl (C=O) groups excluding carboxylic acids is 1. The first-order chi connectivity index (χ1) is 13.5. The highest BCUT2D eigenvalue weighted by atomic mass is 35.5. The number of anilines is 1. The van der Waals surface area contributed by atoms with Crippen LogP contribution in [0.2, 0.25) is 10.0 Å². The number of allylic oxidation sites excluding steroid dienone is 1. The van der Waals surface area contributed by atoms with Crippen LogP contribution in [0.1, 0.15) is 0 Å². The predicted octanol–water partition coefficient (Wildman–Crippen LogP) is 5.31. The van der Waals surface area contributed by atoms with Crippen molar-refractivity contribution < 1.29 is 9.18 Å². The lowest BCUT2D eigenvalue weighted by Gasteiger charge is -2.09. The van der Waals surface area contributed by atoms with Crippen LogP contribution >= 0.6 is 35.0 Å². The van der Waals surface area contributed by atoms with Crippen molar-refractivity contribution in [3.63, 3.8) is 0 Å². The van der Waals surface area contributed by atoms with E-state index in [-0.39, 0.29) is 17.3 Å². The van der Waals surface area contributed by atoms with Crippen LogP contribution in [0.15, 0.2) is 60.3 Å². The van der Waals surface area contributed by atoms with Crippen LogP contribution in [0.5, 0.6) is 0 Å². The molecule has 1 N–H and O–H groups in total. The number of benzene rings is 2. The molecule has 2 aromatic carbocycles. The second kappa shape index (κ2) is 9.23. The van der Waals surface area contributed by atoms with Gasteiger partial charge in [-0.1, -0.05) is 41.0 Å². The van der Waals surface area contributed by atoms with Crippen molar-refractivity contribution in [3.8, 4) is 11.4 Å². The maximum Gasteiger partial charge on any atom is 0.234 e. The minimum atomic E-state index is -0.553. The number of amides is 1. The fourth-order valence-electron chi connectivity index (χ4n) is 2.41. The number of nitrogens with zero attached hydrogens (tertiary/aromatic N) is 3. The third-order valence-corrected chi connectivity index (χ3v) is 5.12. The maximum atomic E-state index is 13.8. The zero-order valence-corrected chi connectivity index (χ0v) is 16.9. The molecule has 9 heteroatoms. The molecule has 0 aliphatic rings. The molecule has 1 heterocycles. The summed E-state index contributed by atoms with van der Waals surface area (Å²) in [5, 5.41) is 12.4. The van der Waals surface area contributed by atoms with Crippen LogP contribution in [0, 0.1) is 5.82 Å². The summed E-state index contributed by atoms with van der Waals surface area (Å²) in [6.45, 7) is 4.22. The van der Waals surface area contributed by atoms with Crippen molar-refractivity contribution >= 4 is 46.6 Å². The zero-order valence-electron chi connectivity index (χ0n) is 14.5. The third-order valence-electron chi connectivity index (χ3n) is 3.67. The van der Waals surface area contributed by atoms with Gasteiger partial charge in [0.05, 0.1) is 11.4 Å². The summed E-state index contributed by atoms with van der Waals surface area (Å²) >= 11 is 13.0. The van der Waals surface area contributed by atoms with Crippen molar-refractivity contribution in [3.05, 3.63) is 71.0 Å². The molecule has 0 saturated heterocycles. The lowest BCUT2D eigenvalue weighted by atomic mass is 10.2. The molecule has 1 aromatic heterocycles.